The van der Waals surface area contributed by atoms with Crippen LogP contribution in [0.4, 0.5) is 0 Å². The van der Waals surface area contributed by atoms with Crippen molar-refractivity contribution in [1.82, 2.24) is 4.90 Å². The molecular formula is C16H26N2O2. The molecule has 1 aromatic rings. The van der Waals surface area contributed by atoms with Gasteiger partial charge in [0.25, 0.3) is 0 Å². The van der Waals surface area contributed by atoms with Gasteiger partial charge in [-0.05, 0) is 44.7 Å². The molecule has 1 heterocycles. The van der Waals surface area contributed by atoms with Crippen LogP contribution >= 0.6 is 0 Å². The lowest BCUT2D eigenvalue weighted by molar-refractivity contribution is -0.131. The molecular weight excluding hydrogens is 252 g/mol. The highest BCUT2D eigenvalue weighted by Gasteiger charge is 2.36. The zero-order valence-electron chi connectivity index (χ0n) is 13.0. The number of carbonyl (C=O) groups is 1. The summed E-state index contributed by atoms with van der Waals surface area (Å²) in [5.41, 5.74) is 5.61. The summed E-state index contributed by atoms with van der Waals surface area (Å²) in [5.74, 6) is 3.36. The predicted molar refractivity (Wildman–Crippen MR) is 79.2 cm³/mol. The minimum absolute atomic E-state index is 0.112. The topological polar surface area (TPSA) is 59.5 Å². The zero-order valence-corrected chi connectivity index (χ0v) is 13.0. The van der Waals surface area contributed by atoms with E-state index in [4.69, 9.17) is 10.2 Å². The van der Waals surface area contributed by atoms with E-state index in [-0.39, 0.29) is 11.4 Å². The smallest absolute Gasteiger partial charge is 0.222 e. The molecule has 1 aromatic heterocycles. The summed E-state index contributed by atoms with van der Waals surface area (Å²) in [5, 5.41) is 0. The molecule has 20 heavy (non-hydrogen) atoms. The van der Waals surface area contributed by atoms with Crippen molar-refractivity contribution in [2.24, 2.45) is 11.7 Å². The van der Waals surface area contributed by atoms with Crippen LogP contribution in [0.15, 0.2) is 16.5 Å². The molecule has 0 aromatic carbocycles. The first-order chi connectivity index (χ1) is 9.26. The van der Waals surface area contributed by atoms with E-state index in [1.807, 2.05) is 33.0 Å². The van der Waals surface area contributed by atoms with Crippen molar-refractivity contribution in [3.05, 3.63) is 23.7 Å². The highest BCUT2D eigenvalue weighted by Crippen LogP contribution is 2.47. The molecule has 0 saturated heterocycles. The van der Waals surface area contributed by atoms with Crippen molar-refractivity contribution in [3.8, 4) is 0 Å². The van der Waals surface area contributed by atoms with Gasteiger partial charge in [-0.15, -0.1) is 0 Å². The average molecular weight is 278 g/mol. The SMILES string of the molecule is CC1CC1c1ccc(CN(C)C(=O)CCC(C)(C)N)o1. The Balaban J connectivity index is 1.83. The summed E-state index contributed by atoms with van der Waals surface area (Å²) in [6.45, 7) is 6.65. The number of hydrogen-bond acceptors (Lipinski definition) is 3. The van der Waals surface area contributed by atoms with E-state index in [9.17, 15) is 4.79 Å². The van der Waals surface area contributed by atoms with E-state index in [1.165, 1.54) is 6.42 Å². The third-order valence-corrected chi connectivity index (χ3v) is 3.96. The van der Waals surface area contributed by atoms with Crippen LogP contribution in [0.5, 0.6) is 0 Å². The minimum atomic E-state index is -0.295. The van der Waals surface area contributed by atoms with Crippen LogP contribution < -0.4 is 5.73 Å². The van der Waals surface area contributed by atoms with Gasteiger partial charge in [-0.25, -0.2) is 0 Å². The Morgan fingerprint density at radius 3 is 2.70 bits per heavy atom. The molecule has 1 aliphatic carbocycles. The lowest BCUT2D eigenvalue weighted by Crippen LogP contribution is -2.34. The molecule has 1 amide bonds. The maximum atomic E-state index is 12.0. The molecule has 4 heteroatoms. The predicted octanol–water partition coefficient (Wildman–Crippen LogP) is 2.88. The first kappa shape index (κ1) is 15.1. The number of furan rings is 1. The van der Waals surface area contributed by atoms with E-state index in [2.05, 4.69) is 6.92 Å². The molecule has 1 aliphatic rings. The molecule has 2 atom stereocenters. The standard InChI is InChI=1S/C16H26N2O2/c1-11-9-13(11)14-6-5-12(20-14)10-18(4)15(19)7-8-16(2,3)17/h5-6,11,13H,7-10,17H2,1-4H3. The molecule has 2 unspecified atom stereocenters. The van der Waals surface area contributed by atoms with Crippen molar-refractivity contribution in [3.63, 3.8) is 0 Å². The van der Waals surface area contributed by atoms with Crippen LogP contribution in [0, 0.1) is 5.92 Å². The Hall–Kier alpha value is -1.29. The van der Waals surface area contributed by atoms with Gasteiger partial charge in [-0.1, -0.05) is 6.92 Å². The van der Waals surface area contributed by atoms with Gasteiger partial charge in [-0.2, -0.15) is 0 Å². The van der Waals surface area contributed by atoms with Crippen LogP contribution in [0.3, 0.4) is 0 Å². The second kappa shape index (κ2) is 5.60. The Labute approximate surface area is 121 Å². The van der Waals surface area contributed by atoms with Gasteiger partial charge in [0.05, 0.1) is 6.54 Å². The van der Waals surface area contributed by atoms with Crippen molar-refractivity contribution >= 4 is 5.91 Å². The molecule has 0 aliphatic heterocycles. The fraction of sp³-hybridized carbons (Fsp3) is 0.688. The van der Waals surface area contributed by atoms with E-state index in [0.717, 1.165) is 17.4 Å². The summed E-state index contributed by atoms with van der Waals surface area (Å²) in [4.78, 5) is 13.7. The van der Waals surface area contributed by atoms with Gasteiger partial charge in [0, 0.05) is 24.9 Å². The van der Waals surface area contributed by atoms with E-state index in [1.54, 1.807) is 4.90 Å². The fourth-order valence-electron chi connectivity index (χ4n) is 2.34. The van der Waals surface area contributed by atoms with Crippen molar-refractivity contribution in [2.45, 2.75) is 58.0 Å². The van der Waals surface area contributed by atoms with Crippen molar-refractivity contribution in [1.29, 1.82) is 0 Å². The molecule has 0 spiro atoms. The number of hydrogen-bond donors (Lipinski definition) is 1. The first-order valence-corrected chi connectivity index (χ1v) is 7.38. The first-order valence-electron chi connectivity index (χ1n) is 7.38. The summed E-state index contributed by atoms with van der Waals surface area (Å²) < 4.78 is 5.83. The monoisotopic (exact) mass is 278 g/mol. The average Bonchev–Trinajstić information content (AvgIpc) is 2.88. The van der Waals surface area contributed by atoms with Crippen molar-refractivity contribution in [2.75, 3.05) is 7.05 Å². The molecule has 0 radical (unpaired) electrons. The molecule has 1 fully saturated rings. The quantitative estimate of drug-likeness (QED) is 0.870. The van der Waals surface area contributed by atoms with Crippen LogP contribution in [0.1, 0.15) is 57.5 Å². The van der Waals surface area contributed by atoms with E-state index >= 15 is 0 Å². The van der Waals surface area contributed by atoms with Gasteiger partial charge in [0.1, 0.15) is 11.5 Å². The molecule has 4 nitrogen and oxygen atoms in total. The summed E-state index contributed by atoms with van der Waals surface area (Å²) >= 11 is 0. The van der Waals surface area contributed by atoms with Crippen LogP contribution in [0.2, 0.25) is 0 Å². The number of amides is 1. The highest BCUT2D eigenvalue weighted by molar-refractivity contribution is 5.75. The zero-order chi connectivity index (χ0) is 14.9. The fourth-order valence-corrected chi connectivity index (χ4v) is 2.34. The van der Waals surface area contributed by atoms with Crippen molar-refractivity contribution < 1.29 is 9.21 Å². The van der Waals surface area contributed by atoms with E-state index in [0.29, 0.717) is 25.3 Å². The van der Waals surface area contributed by atoms with Gasteiger partial charge in [0.15, 0.2) is 0 Å². The summed E-state index contributed by atoms with van der Waals surface area (Å²) in [6.07, 6.45) is 2.39. The third-order valence-electron chi connectivity index (χ3n) is 3.96. The normalized spacial score (nSPS) is 21.9. The Bertz CT molecular complexity index is 473. The second-order valence-corrected chi connectivity index (χ2v) is 6.86. The van der Waals surface area contributed by atoms with Gasteiger partial charge < -0.3 is 15.1 Å². The largest absolute Gasteiger partial charge is 0.464 e. The Morgan fingerprint density at radius 1 is 1.50 bits per heavy atom. The number of nitrogens with two attached hydrogens (primary N) is 1. The summed E-state index contributed by atoms with van der Waals surface area (Å²) in [7, 11) is 1.81. The molecule has 2 N–H and O–H groups in total. The summed E-state index contributed by atoms with van der Waals surface area (Å²) in [6, 6.07) is 4.03. The molecule has 2 rings (SSSR count). The van der Waals surface area contributed by atoms with Gasteiger partial charge in [0.2, 0.25) is 5.91 Å². The molecule has 112 valence electrons. The van der Waals surface area contributed by atoms with Crippen LogP contribution in [-0.4, -0.2) is 23.4 Å². The number of rotatable bonds is 6. The van der Waals surface area contributed by atoms with E-state index < -0.39 is 0 Å². The second-order valence-electron chi connectivity index (χ2n) is 6.86. The molecule has 1 saturated carbocycles. The van der Waals surface area contributed by atoms with Gasteiger partial charge in [-0.3, -0.25) is 4.79 Å². The number of carbonyl (C=O) groups excluding carboxylic acids is 1. The Kier molecular flexibility index (Phi) is 4.23. The maximum absolute atomic E-state index is 12.0. The van der Waals surface area contributed by atoms with Crippen LogP contribution in [-0.2, 0) is 11.3 Å². The van der Waals surface area contributed by atoms with Gasteiger partial charge >= 0.3 is 0 Å². The minimum Gasteiger partial charge on any atom is -0.464 e. The lowest BCUT2D eigenvalue weighted by atomic mass is 10.00. The third kappa shape index (κ3) is 4.10. The lowest BCUT2D eigenvalue weighted by Gasteiger charge is -2.21. The number of nitrogens with zero attached hydrogens (tertiary/aromatic N) is 1. The Morgan fingerprint density at radius 2 is 2.15 bits per heavy atom. The maximum Gasteiger partial charge on any atom is 0.222 e. The van der Waals surface area contributed by atoms with Crippen LogP contribution in [0.25, 0.3) is 0 Å². The molecule has 0 bridgehead atoms. The highest BCUT2D eigenvalue weighted by atomic mass is 16.3.